The highest BCUT2D eigenvalue weighted by atomic mass is 16.7. The van der Waals surface area contributed by atoms with E-state index < -0.39 is 67.6 Å². The zero-order valence-electron chi connectivity index (χ0n) is 19.0. The van der Waals surface area contributed by atoms with Crippen LogP contribution >= 0.6 is 0 Å². The second-order valence-corrected chi connectivity index (χ2v) is 8.49. The zero-order chi connectivity index (χ0) is 23.7. The first-order valence-corrected chi connectivity index (χ1v) is 11.5. The predicted octanol–water partition coefficient (Wildman–Crippen LogP) is -1.68. The van der Waals surface area contributed by atoms with E-state index in [1.807, 2.05) is 6.92 Å². The van der Waals surface area contributed by atoms with Gasteiger partial charge in [-0.3, -0.25) is 0 Å². The van der Waals surface area contributed by atoms with Crippen molar-refractivity contribution < 1.29 is 49.2 Å². The van der Waals surface area contributed by atoms with E-state index in [1.165, 1.54) is 0 Å². The topological polar surface area (TPSA) is 173 Å². The summed E-state index contributed by atoms with van der Waals surface area (Å²) in [5.74, 6) is -1.01. The lowest BCUT2D eigenvalue weighted by Gasteiger charge is -2.47. The van der Waals surface area contributed by atoms with Crippen molar-refractivity contribution in [3.63, 3.8) is 0 Å². The van der Waals surface area contributed by atoms with Crippen LogP contribution in [0.1, 0.15) is 33.1 Å². The van der Waals surface area contributed by atoms with Crippen LogP contribution in [0.25, 0.3) is 0 Å². The van der Waals surface area contributed by atoms with Gasteiger partial charge >= 0.3 is 0 Å². The lowest BCUT2D eigenvalue weighted by Crippen LogP contribution is -2.62. The highest BCUT2D eigenvalue weighted by molar-refractivity contribution is 4.93. The van der Waals surface area contributed by atoms with E-state index in [9.17, 15) is 25.5 Å². The van der Waals surface area contributed by atoms with Gasteiger partial charge in [-0.2, -0.15) is 0 Å². The van der Waals surface area contributed by atoms with Crippen LogP contribution in [0, 0.1) is 11.8 Å². The van der Waals surface area contributed by atoms with E-state index in [2.05, 4.69) is 0 Å². The van der Waals surface area contributed by atoms with Gasteiger partial charge in [0.05, 0.1) is 32.0 Å². The van der Waals surface area contributed by atoms with E-state index in [0.29, 0.717) is 26.2 Å². The number of ether oxygens (including phenoxy) is 5. The van der Waals surface area contributed by atoms with Gasteiger partial charge in [-0.05, 0) is 19.4 Å². The highest BCUT2D eigenvalue weighted by Gasteiger charge is 2.50. The SMILES string of the molecule is CCCCO[C@@H]1OC(CO)[C@@H](O[C@@H]2OC(CO)[C@H](COCCCN)[C@H](O)C2C)[C@H](O)C1O. The Labute approximate surface area is 189 Å². The van der Waals surface area contributed by atoms with Gasteiger partial charge in [-0.1, -0.05) is 20.3 Å². The summed E-state index contributed by atoms with van der Waals surface area (Å²) >= 11 is 0. The molecule has 0 aromatic carbocycles. The Balaban J connectivity index is 2.02. The molecule has 2 aliphatic heterocycles. The first-order chi connectivity index (χ1) is 15.4. The molecule has 0 saturated carbocycles. The summed E-state index contributed by atoms with van der Waals surface area (Å²) < 4.78 is 28.4. The van der Waals surface area contributed by atoms with Gasteiger partial charge in [0, 0.05) is 25.0 Å². The third-order valence-electron chi connectivity index (χ3n) is 6.07. The van der Waals surface area contributed by atoms with Crippen LogP contribution in [0.5, 0.6) is 0 Å². The second-order valence-electron chi connectivity index (χ2n) is 8.49. The molecule has 0 amide bonds. The molecule has 2 aliphatic rings. The van der Waals surface area contributed by atoms with Crippen LogP contribution in [0.3, 0.4) is 0 Å². The molecule has 0 spiro atoms. The molecule has 2 heterocycles. The zero-order valence-corrected chi connectivity index (χ0v) is 19.0. The van der Waals surface area contributed by atoms with E-state index in [-0.39, 0.29) is 13.2 Å². The smallest absolute Gasteiger partial charge is 0.186 e. The fourth-order valence-corrected chi connectivity index (χ4v) is 3.97. The Morgan fingerprint density at radius 2 is 1.56 bits per heavy atom. The average molecular weight is 468 g/mol. The molecule has 0 bridgehead atoms. The number of aliphatic hydroxyl groups is 5. The van der Waals surface area contributed by atoms with Gasteiger partial charge < -0.3 is 55.0 Å². The predicted molar refractivity (Wildman–Crippen MR) is 112 cm³/mol. The summed E-state index contributed by atoms with van der Waals surface area (Å²) in [6, 6.07) is 0. The third kappa shape index (κ3) is 7.03. The van der Waals surface area contributed by atoms with Crippen molar-refractivity contribution in [2.75, 3.05) is 39.6 Å². The Kier molecular flexibility index (Phi) is 12.2. The number of hydrogen-bond donors (Lipinski definition) is 6. The molecule has 32 heavy (non-hydrogen) atoms. The van der Waals surface area contributed by atoms with Gasteiger partial charge in [0.15, 0.2) is 12.6 Å². The fraction of sp³-hybridized carbons (Fsp3) is 1.00. The van der Waals surface area contributed by atoms with Crippen molar-refractivity contribution in [3.8, 4) is 0 Å². The lowest BCUT2D eigenvalue weighted by molar-refractivity contribution is -0.350. The highest BCUT2D eigenvalue weighted by Crippen LogP contribution is 2.34. The molecule has 190 valence electrons. The van der Waals surface area contributed by atoms with Gasteiger partial charge in [-0.15, -0.1) is 0 Å². The monoisotopic (exact) mass is 467 g/mol. The van der Waals surface area contributed by atoms with Gasteiger partial charge in [0.1, 0.15) is 24.4 Å². The first-order valence-electron chi connectivity index (χ1n) is 11.5. The molecule has 11 heteroatoms. The summed E-state index contributed by atoms with van der Waals surface area (Å²) in [4.78, 5) is 0. The summed E-state index contributed by atoms with van der Waals surface area (Å²) in [6.07, 6.45) is -6.33. The van der Waals surface area contributed by atoms with Crippen molar-refractivity contribution >= 4 is 0 Å². The normalized spacial score (nSPS) is 40.5. The van der Waals surface area contributed by atoms with Gasteiger partial charge in [-0.25, -0.2) is 0 Å². The largest absolute Gasteiger partial charge is 0.394 e. The van der Waals surface area contributed by atoms with Crippen molar-refractivity contribution in [2.45, 2.75) is 82.3 Å². The van der Waals surface area contributed by atoms with Crippen LogP contribution in [-0.4, -0.2) is 114 Å². The molecule has 0 aromatic rings. The number of nitrogens with two attached hydrogens (primary N) is 1. The van der Waals surface area contributed by atoms with Crippen molar-refractivity contribution in [1.82, 2.24) is 0 Å². The third-order valence-corrected chi connectivity index (χ3v) is 6.07. The molecule has 2 saturated heterocycles. The maximum atomic E-state index is 10.8. The Morgan fingerprint density at radius 3 is 2.19 bits per heavy atom. The van der Waals surface area contributed by atoms with Crippen LogP contribution < -0.4 is 5.73 Å². The summed E-state index contributed by atoms with van der Waals surface area (Å²) in [5.41, 5.74) is 5.46. The molecule has 7 N–H and O–H groups in total. The Hall–Kier alpha value is -0.440. The maximum Gasteiger partial charge on any atom is 0.186 e. The first kappa shape index (κ1) is 27.8. The fourth-order valence-electron chi connectivity index (χ4n) is 3.97. The van der Waals surface area contributed by atoms with E-state index in [4.69, 9.17) is 29.4 Å². The van der Waals surface area contributed by atoms with E-state index >= 15 is 0 Å². The minimum atomic E-state index is -1.41. The van der Waals surface area contributed by atoms with Crippen LogP contribution in [0.2, 0.25) is 0 Å². The molecule has 10 atom stereocenters. The molecular formula is C21H41NO10. The summed E-state index contributed by atoms with van der Waals surface area (Å²) in [6.45, 7) is 4.33. The van der Waals surface area contributed by atoms with Gasteiger partial charge in [0.2, 0.25) is 0 Å². The molecule has 0 aromatic heterocycles. The van der Waals surface area contributed by atoms with Crippen molar-refractivity contribution in [1.29, 1.82) is 0 Å². The molecule has 2 rings (SSSR count). The Bertz CT molecular complexity index is 511. The van der Waals surface area contributed by atoms with E-state index in [1.54, 1.807) is 6.92 Å². The number of unbranched alkanes of at least 4 members (excludes halogenated alkanes) is 1. The maximum absolute atomic E-state index is 10.8. The molecule has 0 radical (unpaired) electrons. The van der Waals surface area contributed by atoms with Crippen molar-refractivity contribution in [3.05, 3.63) is 0 Å². The average Bonchev–Trinajstić information content (AvgIpc) is 2.79. The summed E-state index contributed by atoms with van der Waals surface area (Å²) in [5, 5.41) is 51.4. The quantitative estimate of drug-likeness (QED) is 0.171. The number of rotatable bonds is 13. The molecule has 4 unspecified atom stereocenters. The second kappa shape index (κ2) is 14.1. The van der Waals surface area contributed by atoms with Gasteiger partial charge in [0.25, 0.3) is 0 Å². The van der Waals surface area contributed by atoms with Crippen LogP contribution in [0.4, 0.5) is 0 Å². The molecule has 2 fully saturated rings. The molecule has 11 nitrogen and oxygen atoms in total. The van der Waals surface area contributed by atoms with Crippen LogP contribution in [0.15, 0.2) is 0 Å². The Morgan fingerprint density at radius 1 is 0.875 bits per heavy atom. The lowest BCUT2D eigenvalue weighted by atomic mass is 9.85. The minimum absolute atomic E-state index is 0.188. The van der Waals surface area contributed by atoms with Crippen molar-refractivity contribution in [2.24, 2.45) is 17.6 Å². The molecule has 0 aliphatic carbocycles. The number of aliphatic hydroxyl groups excluding tert-OH is 5. The molecular weight excluding hydrogens is 426 g/mol. The van der Waals surface area contributed by atoms with Crippen LogP contribution in [-0.2, 0) is 23.7 Å². The number of hydrogen-bond acceptors (Lipinski definition) is 11. The minimum Gasteiger partial charge on any atom is -0.394 e. The summed E-state index contributed by atoms with van der Waals surface area (Å²) in [7, 11) is 0. The van der Waals surface area contributed by atoms with E-state index in [0.717, 1.165) is 12.8 Å². The standard InChI is InChI=1S/C21H41NO10/c1-3-4-8-29-21-18(27)17(26)19(15(10-24)31-21)32-20-12(2)16(25)13(14(9-23)30-20)11-28-7-5-6-22/h12-21,23-27H,3-11,22H2,1-2H3/t12?,13-,14?,15?,16+,17+,18?,19+,20-,21+/m0/s1.